The summed E-state index contributed by atoms with van der Waals surface area (Å²) >= 11 is 0. The maximum absolute atomic E-state index is 6.69. The summed E-state index contributed by atoms with van der Waals surface area (Å²) in [5.41, 5.74) is 20.9. The van der Waals surface area contributed by atoms with Gasteiger partial charge in [-0.3, -0.25) is 0 Å². The van der Waals surface area contributed by atoms with Gasteiger partial charge in [-0.2, -0.15) is 0 Å². The Kier molecular flexibility index (Phi) is 11.2. The van der Waals surface area contributed by atoms with Gasteiger partial charge in [0.1, 0.15) is 11.2 Å². The van der Waals surface area contributed by atoms with Crippen molar-refractivity contribution in [2.75, 3.05) is 0 Å². The smallest absolute Gasteiger partial charge is 0.164 e. The lowest BCUT2D eigenvalue weighted by Gasteiger charge is -2.20. The summed E-state index contributed by atoms with van der Waals surface area (Å²) < 4.78 is 11.4. The van der Waals surface area contributed by atoms with E-state index in [0.717, 1.165) is 111 Å². The van der Waals surface area contributed by atoms with Crippen LogP contribution in [0.1, 0.15) is 11.1 Å². The average Bonchev–Trinajstić information content (AvgIpc) is 3.03. The van der Waals surface area contributed by atoms with Crippen LogP contribution in [0.5, 0.6) is 0 Å². The van der Waals surface area contributed by atoms with Crippen LogP contribution in [0.4, 0.5) is 0 Å². The largest absolute Gasteiger partial charge is 0.456 e. The van der Waals surface area contributed by atoms with Crippen LogP contribution in [0.15, 0.2) is 271 Å². The molecule has 0 unspecified atom stereocenters. The molecule has 0 aliphatic rings. The second kappa shape index (κ2) is 19.4. The predicted octanol–water partition coefficient (Wildman–Crippen LogP) is 19.6. The number of furan rings is 1. The maximum Gasteiger partial charge on any atom is 0.164 e. The Bertz CT molecular complexity index is 5150. The van der Waals surface area contributed by atoms with Crippen molar-refractivity contribution in [1.82, 2.24) is 29.1 Å². The predicted molar refractivity (Wildman–Crippen MR) is 341 cm³/mol. The molecule has 7 nitrogen and oxygen atoms in total. The third-order valence-electron chi connectivity index (χ3n) is 16.3. The zero-order chi connectivity index (χ0) is 55.1. The molecule has 0 saturated carbocycles. The van der Waals surface area contributed by atoms with Gasteiger partial charge in [0.25, 0.3) is 0 Å². The fourth-order valence-corrected chi connectivity index (χ4v) is 12.4. The second-order valence-corrected chi connectivity index (χ2v) is 21.5. The summed E-state index contributed by atoms with van der Waals surface area (Å²) in [6, 6.07) is 94.5. The molecule has 0 fully saturated rings. The molecule has 0 aliphatic heterocycles. The van der Waals surface area contributed by atoms with Crippen molar-refractivity contribution >= 4 is 65.6 Å². The van der Waals surface area contributed by atoms with Crippen molar-refractivity contribution in [3.8, 4) is 90.3 Å². The minimum absolute atomic E-state index is 0.559. The molecular formula is C76H50N6O. The highest BCUT2D eigenvalue weighted by Gasteiger charge is 2.25. The highest BCUT2D eigenvalue weighted by molar-refractivity contribution is 6.11. The van der Waals surface area contributed by atoms with Crippen LogP contribution in [0.2, 0.25) is 0 Å². The van der Waals surface area contributed by atoms with Crippen LogP contribution in [0.25, 0.3) is 156 Å². The zero-order valence-corrected chi connectivity index (χ0v) is 45.5. The zero-order valence-electron chi connectivity index (χ0n) is 45.5. The van der Waals surface area contributed by atoms with Crippen molar-refractivity contribution < 1.29 is 4.42 Å². The number of nitrogens with zero attached hydrogens (tertiary/aromatic N) is 6. The summed E-state index contributed by atoms with van der Waals surface area (Å²) in [4.78, 5) is 21.6. The van der Waals surface area contributed by atoms with E-state index in [-0.39, 0.29) is 0 Å². The second-order valence-electron chi connectivity index (χ2n) is 21.5. The molecule has 0 spiro atoms. The Morgan fingerprint density at radius 2 is 0.759 bits per heavy atom. The first-order valence-electron chi connectivity index (χ1n) is 28.1. The summed E-state index contributed by atoms with van der Waals surface area (Å²) in [5.74, 6) is 1.74. The van der Waals surface area contributed by atoms with E-state index in [1.807, 2.05) is 48.5 Å². The third-order valence-corrected chi connectivity index (χ3v) is 16.3. The van der Waals surface area contributed by atoms with Gasteiger partial charge in [0.2, 0.25) is 0 Å². The molecule has 0 saturated heterocycles. The highest BCUT2D eigenvalue weighted by Crippen LogP contribution is 2.46. The molecule has 0 N–H and O–H groups in total. The van der Waals surface area contributed by atoms with Crippen molar-refractivity contribution in [2.24, 2.45) is 0 Å². The molecule has 0 bridgehead atoms. The Morgan fingerprint density at radius 3 is 1.36 bits per heavy atom. The maximum atomic E-state index is 6.69. The van der Waals surface area contributed by atoms with Gasteiger partial charge in [-0.05, 0) is 115 Å². The minimum Gasteiger partial charge on any atom is -0.456 e. The fraction of sp³-hybridized carbons (Fsp3) is 0.0263. The van der Waals surface area contributed by atoms with Crippen molar-refractivity contribution in [2.45, 2.75) is 13.8 Å². The van der Waals surface area contributed by atoms with Crippen molar-refractivity contribution in [3.63, 3.8) is 0 Å². The number of hydrogen-bond donors (Lipinski definition) is 0. The van der Waals surface area contributed by atoms with Crippen molar-refractivity contribution in [3.05, 3.63) is 278 Å². The molecule has 16 aromatic rings. The van der Waals surface area contributed by atoms with Gasteiger partial charge < -0.3 is 13.6 Å². The van der Waals surface area contributed by atoms with Gasteiger partial charge in [-0.25, -0.2) is 19.9 Å². The molecule has 83 heavy (non-hydrogen) atoms. The van der Waals surface area contributed by atoms with Gasteiger partial charge in [0.15, 0.2) is 17.5 Å². The number of hydrogen-bond acceptors (Lipinski definition) is 5. The summed E-state index contributed by atoms with van der Waals surface area (Å²) in [6.45, 7) is 4.32. The van der Waals surface area contributed by atoms with E-state index in [0.29, 0.717) is 17.5 Å². The number of benzene rings is 11. The monoisotopic (exact) mass is 1060 g/mol. The highest BCUT2D eigenvalue weighted by atomic mass is 16.3. The topological polar surface area (TPSA) is 74.6 Å². The van der Waals surface area contributed by atoms with Crippen LogP contribution in [-0.4, -0.2) is 29.1 Å². The molecule has 0 amide bonds. The molecule has 7 heteroatoms. The van der Waals surface area contributed by atoms with Gasteiger partial charge in [0, 0.05) is 77.1 Å². The first-order valence-corrected chi connectivity index (χ1v) is 28.1. The minimum atomic E-state index is 0.559. The van der Waals surface area contributed by atoms with E-state index in [2.05, 4.69) is 241 Å². The number of rotatable bonds is 9. The van der Waals surface area contributed by atoms with Crippen LogP contribution < -0.4 is 0 Å². The quantitative estimate of drug-likeness (QED) is 0.144. The Labute approximate surface area is 478 Å². The van der Waals surface area contributed by atoms with E-state index in [9.17, 15) is 0 Å². The molecule has 11 aromatic carbocycles. The number of fused-ring (bicyclic) bond motifs is 9. The van der Waals surface area contributed by atoms with E-state index in [1.165, 1.54) is 38.2 Å². The lowest BCUT2D eigenvalue weighted by atomic mass is 9.87. The molecule has 16 rings (SSSR count). The van der Waals surface area contributed by atoms with Gasteiger partial charge in [-0.15, -0.1) is 0 Å². The van der Waals surface area contributed by atoms with Gasteiger partial charge >= 0.3 is 0 Å². The van der Waals surface area contributed by atoms with Gasteiger partial charge in [0.05, 0.1) is 33.5 Å². The number of pyridine rings is 1. The normalized spacial score (nSPS) is 11.7. The van der Waals surface area contributed by atoms with Crippen LogP contribution >= 0.6 is 0 Å². The summed E-state index contributed by atoms with van der Waals surface area (Å²) in [7, 11) is 0. The lowest BCUT2D eigenvalue weighted by molar-refractivity contribution is 0.669. The van der Waals surface area contributed by atoms with Crippen LogP contribution in [0.3, 0.4) is 0 Å². The number of aromatic nitrogens is 6. The number of para-hydroxylation sites is 3. The molecule has 390 valence electrons. The Morgan fingerprint density at radius 1 is 0.289 bits per heavy atom. The van der Waals surface area contributed by atoms with E-state index < -0.39 is 0 Å². The molecule has 5 aromatic heterocycles. The number of aryl methyl sites for hydroxylation is 2. The molecule has 0 aliphatic carbocycles. The third kappa shape index (κ3) is 8.12. The fourth-order valence-electron chi connectivity index (χ4n) is 12.4. The molecule has 0 atom stereocenters. The van der Waals surface area contributed by atoms with E-state index in [1.54, 1.807) is 0 Å². The first-order chi connectivity index (χ1) is 41.0. The molecule has 0 radical (unpaired) electrons. The Hall–Kier alpha value is -11.0. The van der Waals surface area contributed by atoms with E-state index in [4.69, 9.17) is 24.4 Å². The molecular weight excluding hydrogens is 1010 g/mol. The van der Waals surface area contributed by atoms with E-state index >= 15 is 0 Å². The summed E-state index contributed by atoms with van der Waals surface area (Å²) in [5, 5.41) is 7.04. The van der Waals surface area contributed by atoms with Gasteiger partial charge in [-0.1, -0.05) is 193 Å². The van der Waals surface area contributed by atoms with Crippen LogP contribution in [0, 0.1) is 13.8 Å². The lowest BCUT2D eigenvalue weighted by Crippen LogP contribution is -2.02. The average molecular weight is 1060 g/mol. The first kappa shape index (κ1) is 47.9. The summed E-state index contributed by atoms with van der Waals surface area (Å²) in [6.07, 6.45) is 0. The standard InChI is InChI=1S/C76H50N6O/c1-47-29-41-68-62(43-47)57-22-11-14-26-66(57)81(68)54-36-31-49(32-37-54)65-46-64(56-21-9-10-25-61(56)76-79-74(51-17-5-3-6-18-51)78-75(80-76)52-19-7-4-8-20-52)72(53-35-40-60-59-24-13-16-28-70(59)83-71(60)45-53)73(77-65)50-33-38-55(39-34-50)82-67-27-15-12-23-58(67)63-44-48(2)30-42-69(63)82/h3-46H,1-2H3. The SMILES string of the molecule is Cc1ccc2c(c1)c1ccccc1n2-c1ccc(-c2cc(-c3ccccc3-c3nc(-c4ccccc4)nc(-c4ccccc4)n3)c(-c3ccc4c(c3)oc3ccccc34)c(-c3ccc(-n4c5ccccc5c5cc(C)ccc54)cc3)n2)cc1. The van der Waals surface area contributed by atoms with Crippen LogP contribution in [-0.2, 0) is 0 Å². The van der Waals surface area contributed by atoms with Crippen molar-refractivity contribution in [1.29, 1.82) is 0 Å². The molecule has 5 heterocycles. The Balaban J connectivity index is 0.955.